The van der Waals surface area contributed by atoms with E-state index < -0.39 is 55.9 Å². The number of rotatable bonds is 9. The molecule has 0 aromatic carbocycles. The van der Waals surface area contributed by atoms with Gasteiger partial charge in [0.2, 0.25) is 0 Å². The predicted octanol–water partition coefficient (Wildman–Crippen LogP) is -1.64. The van der Waals surface area contributed by atoms with Gasteiger partial charge in [-0.1, -0.05) is 41.5 Å². The third-order valence-corrected chi connectivity index (χ3v) is 3.94. The first kappa shape index (κ1) is 29.8. The van der Waals surface area contributed by atoms with Gasteiger partial charge in [0.25, 0.3) is 0 Å². The van der Waals surface area contributed by atoms with E-state index in [9.17, 15) is 25.5 Å². The molecule has 9 nitrogen and oxygen atoms in total. The standard InChI is InChI=1S/C10H22O5.C9H20O4/c1-10(2,3)4-6(12)8(14)9(15)7(13)5-11;1-9(2,3)4-6(11)8(13)7(12)5-10/h6-9,11-15H,4-5H2,1-3H3;6-8,10-13H,4-5H2,1-3H3. The number of hydrogen-bond acceptors (Lipinski definition) is 9. The van der Waals surface area contributed by atoms with Crippen molar-refractivity contribution in [3.05, 3.63) is 0 Å². The minimum Gasteiger partial charge on any atom is -0.394 e. The molecule has 0 heterocycles. The fraction of sp³-hybridized carbons (Fsp3) is 1.00. The molecule has 0 saturated heterocycles. The first-order valence-electron chi connectivity index (χ1n) is 9.45. The van der Waals surface area contributed by atoms with Crippen molar-refractivity contribution in [2.24, 2.45) is 10.8 Å². The van der Waals surface area contributed by atoms with Crippen LogP contribution in [0.4, 0.5) is 0 Å². The Morgan fingerprint density at radius 1 is 0.464 bits per heavy atom. The molecular weight excluding hydrogens is 372 g/mol. The molecule has 0 aliphatic rings. The minimum atomic E-state index is -1.53. The van der Waals surface area contributed by atoms with Crippen molar-refractivity contribution in [1.29, 1.82) is 0 Å². The molecule has 0 amide bonds. The van der Waals surface area contributed by atoms with Crippen molar-refractivity contribution in [2.45, 2.75) is 97.1 Å². The maximum atomic E-state index is 9.57. The van der Waals surface area contributed by atoms with Crippen molar-refractivity contribution in [3.8, 4) is 0 Å². The predicted molar refractivity (Wildman–Crippen MR) is 104 cm³/mol. The molecule has 0 rings (SSSR count). The molecule has 0 saturated carbocycles. The van der Waals surface area contributed by atoms with E-state index in [1.54, 1.807) is 0 Å². The zero-order valence-corrected chi connectivity index (χ0v) is 17.9. The monoisotopic (exact) mass is 414 g/mol. The molecular formula is C19H42O9. The van der Waals surface area contributed by atoms with Crippen LogP contribution in [0.5, 0.6) is 0 Å². The maximum Gasteiger partial charge on any atom is 0.110 e. The lowest BCUT2D eigenvalue weighted by atomic mass is 9.86. The van der Waals surface area contributed by atoms with Crippen LogP contribution in [-0.2, 0) is 0 Å². The molecule has 0 radical (unpaired) electrons. The molecule has 172 valence electrons. The Balaban J connectivity index is 0. The highest BCUT2D eigenvalue weighted by molar-refractivity contribution is 4.83. The molecule has 0 aromatic heterocycles. The zero-order chi connectivity index (χ0) is 22.9. The molecule has 7 unspecified atom stereocenters. The molecule has 7 atom stereocenters. The quantitative estimate of drug-likeness (QED) is 0.213. The van der Waals surface area contributed by atoms with Crippen LogP contribution in [0.25, 0.3) is 0 Å². The Morgan fingerprint density at radius 3 is 1.00 bits per heavy atom. The van der Waals surface area contributed by atoms with E-state index in [1.165, 1.54) is 0 Å². The van der Waals surface area contributed by atoms with Crippen molar-refractivity contribution in [2.75, 3.05) is 13.2 Å². The normalized spacial score (nSPS) is 20.2. The SMILES string of the molecule is CC(C)(C)CC(O)C(O)C(O)C(O)CO.CC(C)(C)CC(O)C(O)C(O)CO. The van der Waals surface area contributed by atoms with E-state index in [4.69, 9.17) is 20.4 Å². The van der Waals surface area contributed by atoms with E-state index in [2.05, 4.69) is 0 Å². The number of hydrogen-bond donors (Lipinski definition) is 9. The number of aliphatic hydroxyl groups excluding tert-OH is 9. The smallest absolute Gasteiger partial charge is 0.110 e. The van der Waals surface area contributed by atoms with E-state index >= 15 is 0 Å². The van der Waals surface area contributed by atoms with Gasteiger partial charge in [-0.05, 0) is 23.7 Å². The fourth-order valence-electron chi connectivity index (χ4n) is 2.42. The lowest BCUT2D eigenvalue weighted by Crippen LogP contribution is -2.46. The Hall–Kier alpha value is -0.360. The summed E-state index contributed by atoms with van der Waals surface area (Å²) >= 11 is 0. The van der Waals surface area contributed by atoms with Gasteiger partial charge in [-0.15, -0.1) is 0 Å². The summed E-state index contributed by atoms with van der Waals surface area (Å²) in [5.41, 5.74) is -0.306. The van der Waals surface area contributed by atoms with E-state index in [1.807, 2.05) is 41.5 Å². The van der Waals surface area contributed by atoms with Crippen molar-refractivity contribution < 1.29 is 46.0 Å². The van der Waals surface area contributed by atoms with Gasteiger partial charge in [-0.25, -0.2) is 0 Å². The Bertz CT molecular complexity index is 392. The summed E-state index contributed by atoms with van der Waals surface area (Å²) in [6, 6.07) is 0. The molecule has 0 aliphatic carbocycles. The van der Waals surface area contributed by atoms with Gasteiger partial charge in [0, 0.05) is 0 Å². The molecule has 9 heteroatoms. The highest BCUT2D eigenvalue weighted by Crippen LogP contribution is 2.24. The van der Waals surface area contributed by atoms with Crippen LogP contribution >= 0.6 is 0 Å². The second-order valence-corrected chi connectivity index (χ2v) is 9.64. The summed E-state index contributed by atoms with van der Waals surface area (Å²) in [7, 11) is 0. The molecule has 0 spiro atoms. The highest BCUT2D eigenvalue weighted by Gasteiger charge is 2.32. The molecule has 28 heavy (non-hydrogen) atoms. The second-order valence-electron chi connectivity index (χ2n) is 9.64. The van der Waals surface area contributed by atoms with Gasteiger partial charge in [0.05, 0.1) is 25.4 Å². The van der Waals surface area contributed by atoms with E-state index in [-0.39, 0.29) is 10.8 Å². The van der Waals surface area contributed by atoms with Gasteiger partial charge in [0.1, 0.15) is 30.5 Å². The second kappa shape index (κ2) is 13.0. The summed E-state index contributed by atoms with van der Waals surface area (Å²) < 4.78 is 0. The molecule has 0 bridgehead atoms. The van der Waals surface area contributed by atoms with Gasteiger partial charge in [0.15, 0.2) is 0 Å². The average Bonchev–Trinajstić information content (AvgIpc) is 2.55. The van der Waals surface area contributed by atoms with Crippen LogP contribution in [0.3, 0.4) is 0 Å². The first-order valence-corrected chi connectivity index (χ1v) is 9.45. The van der Waals surface area contributed by atoms with Crippen LogP contribution < -0.4 is 0 Å². The Kier molecular flexibility index (Phi) is 13.9. The van der Waals surface area contributed by atoms with Gasteiger partial charge < -0.3 is 46.0 Å². The summed E-state index contributed by atoms with van der Waals surface area (Å²) in [5, 5.41) is 82.3. The highest BCUT2D eigenvalue weighted by atomic mass is 16.4. The molecule has 0 fully saturated rings. The van der Waals surface area contributed by atoms with Crippen molar-refractivity contribution in [3.63, 3.8) is 0 Å². The Morgan fingerprint density at radius 2 is 0.714 bits per heavy atom. The lowest BCUT2D eigenvalue weighted by Gasteiger charge is -2.29. The molecule has 0 aromatic rings. The van der Waals surface area contributed by atoms with Crippen LogP contribution in [-0.4, -0.2) is 102 Å². The largest absolute Gasteiger partial charge is 0.394 e. The van der Waals surface area contributed by atoms with E-state index in [0.29, 0.717) is 12.8 Å². The summed E-state index contributed by atoms with van der Waals surface area (Å²) in [4.78, 5) is 0. The maximum absolute atomic E-state index is 9.57. The minimum absolute atomic E-state index is 0.116. The summed E-state index contributed by atoms with van der Waals surface area (Å²) in [6.45, 7) is 10.2. The molecule has 9 N–H and O–H groups in total. The van der Waals surface area contributed by atoms with Gasteiger partial charge in [-0.3, -0.25) is 0 Å². The third kappa shape index (κ3) is 13.8. The average molecular weight is 415 g/mol. The molecule has 0 aliphatic heterocycles. The summed E-state index contributed by atoms with van der Waals surface area (Å²) in [5.74, 6) is 0. The van der Waals surface area contributed by atoms with Crippen LogP contribution in [0.2, 0.25) is 0 Å². The van der Waals surface area contributed by atoms with Gasteiger partial charge >= 0.3 is 0 Å². The van der Waals surface area contributed by atoms with Crippen LogP contribution in [0, 0.1) is 10.8 Å². The van der Waals surface area contributed by atoms with Crippen molar-refractivity contribution in [1.82, 2.24) is 0 Å². The van der Waals surface area contributed by atoms with Gasteiger partial charge in [-0.2, -0.15) is 0 Å². The Labute approximate surface area is 167 Å². The topological polar surface area (TPSA) is 182 Å². The van der Waals surface area contributed by atoms with Crippen molar-refractivity contribution >= 4 is 0 Å². The first-order chi connectivity index (χ1) is 12.5. The van der Waals surface area contributed by atoms with Crippen LogP contribution in [0.1, 0.15) is 54.4 Å². The zero-order valence-electron chi connectivity index (χ0n) is 17.9. The third-order valence-electron chi connectivity index (χ3n) is 3.94. The summed E-state index contributed by atoms with van der Waals surface area (Å²) in [6.07, 6.45) is -8.41. The number of aliphatic hydroxyl groups is 9. The fourth-order valence-corrected chi connectivity index (χ4v) is 2.42. The van der Waals surface area contributed by atoms with Crippen LogP contribution in [0.15, 0.2) is 0 Å². The lowest BCUT2D eigenvalue weighted by molar-refractivity contribution is -0.121. The van der Waals surface area contributed by atoms with E-state index in [0.717, 1.165) is 0 Å².